The Labute approximate surface area is 45.0 Å². The SMILES string of the molecule is C#[C][SnH][Cl].O. The van der Waals surface area contributed by atoms with Crippen molar-refractivity contribution in [1.29, 1.82) is 0 Å². The van der Waals surface area contributed by atoms with E-state index >= 15 is 0 Å². The van der Waals surface area contributed by atoms with Gasteiger partial charge in [-0.25, -0.2) is 0 Å². The van der Waals surface area contributed by atoms with Crippen molar-refractivity contribution in [2.24, 2.45) is 0 Å². The molecule has 0 saturated heterocycles. The van der Waals surface area contributed by atoms with Crippen LogP contribution >= 0.6 is 8.92 Å². The molecule has 0 aliphatic carbocycles. The summed E-state index contributed by atoms with van der Waals surface area (Å²) < 4.78 is 2.39. The summed E-state index contributed by atoms with van der Waals surface area (Å²) in [6.07, 6.45) is 4.73. The Bertz CT molecular complexity index is 39.4. The maximum absolute atomic E-state index is 5.14. The van der Waals surface area contributed by atoms with Crippen LogP contribution in [0.15, 0.2) is 0 Å². The minimum Gasteiger partial charge on any atom is -0.412 e. The van der Waals surface area contributed by atoms with Crippen molar-refractivity contribution < 1.29 is 5.48 Å². The predicted octanol–water partition coefficient (Wildman–Crippen LogP) is -0.657. The minimum absolute atomic E-state index is 0. The van der Waals surface area contributed by atoms with Crippen LogP contribution in [0.5, 0.6) is 0 Å². The smallest absolute Gasteiger partial charge is 0.412 e. The van der Waals surface area contributed by atoms with Crippen molar-refractivity contribution in [2.45, 2.75) is 0 Å². The molecule has 0 aromatic heterocycles. The zero-order valence-corrected chi connectivity index (χ0v) is 6.58. The van der Waals surface area contributed by atoms with Gasteiger partial charge in [0.1, 0.15) is 0 Å². The van der Waals surface area contributed by atoms with Crippen LogP contribution in [-0.4, -0.2) is 25.5 Å². The van der Waals surface area contributed by atoms with Gasteiger partial charge >= 0.3 is 39.3 Å². The van der Waals surface area contributed by atoms with E-state index in [2.05, 4.69) is 3.94 Å². The first-order valence-electron chi connectivity index (χ1n) is 0.796. The van der Waals surface area contributed by atoms with E-state index in [1.54, 1.807) is 0 Å². The summed E-state index contributed by atoms with van der Waals surface area (Å²) >= 11 is -0.905. The second-order valence-electron chi connectivity index (χ2n) is 0.276. The molecule has 0 heterocycles. The van der Waals surface area contributed by atoms with Gasteiger partial charge in [-0.1, -0.05) is 0 Å². The molecule has 0 aliphatic rings. The van der Waals surface area contributed by atoms with E-state index in [9.17, 15) is 0 Å². The van der Waals surface area contributed by atoms with Gasteiger partial charge in [0.25, 0.3) is 0 Å². The summed E-state index contributed by atoms with van der Waals surface area (Å²) in [6, 6.07) is 0. The van der Waals surface area contributed by atoms with Crippen LogP contribution in [0, 0.1) is 10.4 Å². The fourth-order valence-corrected chi connectivity index (χ4v) is 0. The number of hydrogen-bond acceptors (Lipinski definition) is 0. The number of terminal acetylenes is 1. The summed E-state index contributed by atoms with van der Waals surface area (Å²) in [5.41, 5.74) is 0. The molecule has 0 amide bonds. The number of halogens is 1. The first-order valence-corrected chi connectivity index (χ1v) is 6.62. The van der Waals surface area contributed by atoms with E-state index in [1.807, 2.05) is 0 Å². The molecule has 3 heteroatoms. The average molecular weight is 198 g/mol. The molecule has 0 bridgehead atoms. The molecule has 0 aliphatic heterocycles. The molecule has 0 atom stereocenters. The molecule has 1 radical (unpaired) electrons. The van der Waals surface area contributed by atoms with Gasteiger partial charge in [-0.05, 0) is 0 Å². The molecule has 0 aromatic carbocycles. The zero-order chi connectivity index (χ0) is 3.41. The van der Waals surface area contributed by atoms with Gasteiger partial charge in [0.15, 0.2) is 0 Å². The molecule has 0 saturated carbocycles. The third-order valence-electron chi connectivity index (χ3n) is 0.0630. The molecule has 0 unspecified atom stereocenters. The Balaban J connectivity index is 0. The fourth-order valence-electron chi connectivity index (χ4n) is 0. The van der Waals surface area contributed by atoms with Crippen LogP contribution < -0.4 is 0 Å². The summed E-state index contributed by atoms with van der Waals surface area (Å²) in [5, 5.41) is 0. The molecule has 0 fully saturated rings. The van der Waals surface area contributed by atoms with Crippen molar-refractivity contribution in [3.05, 3.63) is 0 Å². The molecule has 2 N–H and O–H groups in total. The van der Waals surface area contributed by atoms with Gasteiger partial charge in [-0.2, -0.15) is 0 Å². The predicted molar refractivity (Wildman–Crippen MR) is 25.4 cm³/mol. The zero-order valence-electron chi connectivity index (χ0n) is 2.53. The quantitative estimate of drug-likeness (QED) is 0.366. The first kappa shape index (κ1) is 9.15. The van der Waals surface area contributed by atoms with Crippen LogP contribution in [-0.2, 0) is 0 Å². The maximum atomic E-state index is 5.14. The largest absolute Gasteiger partial charge is 0.412 e. The monoisotopic (exact) mass is 199 g/mol. The number of hydrogen-bond donors (Lipinski definition) is 0. The Hall–Kier alpha value is 0.609. The van der Waals surface area contributed by atoms with Gasteiger partial charge in [-0.15, -0.1) is 0 Å². The Morgan fingerprint density at radius 2 is 2.00 bits per heavy atom. The van der Waals surface area contributed by atoms with Crippen molar-refractivity contribution in [3.8, 4) is 10.4 Å². The fraction of sp³-hybridized carbons (Fsp3) is 0. The summed E-state index contributed by atoms with van der Waals surface area (Å²) in [7, 11) is 5.14. The van der Waals surface area contributed by atoms with E-state index in [1.165, 1.54) is 0 Å². The van der Waals surface area contributed by atoms with Crippen molar-refractivity contribution in [1.82, 2.24) is 0 Å². The van der Waals surface area contributed by atoms with Crippen LogP contribution in [0.2, 0.25) is 0 Å². The van der Waals surface area contributed by atoms with E-state index in [4.69, 9.17) is 15.3 Å². The van der Waals surface area contributed by atoms with E-state index in [0.717, 1.165) is 0 Å². The molecule has 1 nitrogen and oxygen atoms in total. The van der Waals surface area contributed by atoms with Gasteiger partial charge in [0.2, 0.25) is 0 Å². The van der Waals surface area contributed by atoms with Crippen LogP contribution in [0.3, 0.4) is 0 Å². The third-order valence-corrected chi connectivity index (χ3v) is 1.27. The van der Waals surface area contributed by atoms with Gasteiger partial charge in [-0.3, -0.25) is 0 Å². The van der Waals surface area contributed by atoms with Crippen molar-refractivity contribution >= 4 is 28.9 Å². The molecule has 29 valence electrons. The Kier molecular flexibility index (Phi) is 16.1. The van der Waals surface area contributed by atoms with Gasteiger partial charge in [0.05, 0.1) is 0 Å². The standard InChI is InChI=1S/C2H.ClH.H2O.Sn.H/c1-2;;;;/h1H;1H;1H2;;/q;;;+1;/p-1. The summed E-state index contributed by atoms with van der Waals surface area (Å²) in [4.78, 5) is 0. The Morgan fingerprint density at radius 1 is 1.80 bits per heavy atom. The molecule has 0 spiro atoms. The third kappa shape index (κ3) is 12.1. The van der Waals surface area contributed by atoms with Gasteiger partial charge in [0, 0.05) is 0 Å². The topological polar surface area (TPSA) is 31.5 Å². The van der Waals surface area contributed by atoms with E-state index in [-0.39, 0.29) is 5.48 Å². The molecular weight excluding hydrogens is 194 g/mol. The van der Waals surface area contributed by atoms with Crippen molar-refractivity contribution in [2.75, 3.05) is 0 Å². The second-order valence-corrected chi connectivity index (χ2v) is 3.31. The van der Waals surface area contributed by atoms with E-state index < -0.39 is 20.0 Å². The molecule has 0 rings (SSSR count). The molecular formula is C2H4ClOSn. The minimum atomic E-state index is -0.905. The summed E-state index contributed by atoms with van der Waals surface area (Å²) in [5.74, 6) is 0. The van der Waals surface area contributed by atoms with Crippen LogP contribution in [0.25, 0.3) is 0 Å². The second kappa shape index (κ2) is 8.82. The summed E-state index contributed by atoms with van der Waals surface area (Å²) in [6.45, 7) is 0. The van der Waals surface area contributed by atoms with Gasteiger partial charge < -0.3 is 5.48 Å². The molecule has 0 aromatic rings. The first-order chi connectivity index (χ1) is 1.91. The van der Waals surface area contributed by atoms with Crippen molar-refractivity contribution in [3.63, 3.8) is 0 Å². The average Bonchev–Trinajstić information content (AvgIpc) is 1.37. The van der Waals surface area contributed by atoms with Crippen LogP contribution in [0.4, 0.5) is 0 Å². The molecule has 5 heavy (non-hydrogen) atoms. The number of rotatable bonds is 0. The maximum Gasteiger partial charge on any atom is -0.412 e. The normalized spacial score (nSPS) is 4.00. The Morgan fingerprint density at radius 3 is 2.00 bits per heavy atom. The van der Waals surface area contributed by atoms with Crippen LogP contribution in [0.1, 0.15) is 0 Å². The van der Waals surface area contributed by atoms with E-state index in [0.29, 0.717) is 0 Å².